The van der Waals surface area contributed by atoms with E-state index in [0.29, 0.717) is 6.54 Å². The molecule has 0 spiro atoms. The van der Waals surface area contributed by atoms with Crippen molar-refractivity contribution in [3.05, 3.63) is 70.7 Å². The molecule has 34 heavy (non-hydrogen) atoms. The molecule has 7 nitrogen and oxygen atoms in total. The van der Waals surface area contributed by atoms with E-state index in [9.17, 15) is 9.18 Å². The number of nitrogens with zero attached hydrogens (tertiary/aromatic N) is 5. The van der Waals surface area contributed by atoms with Crippen molar-refractivity contribution in [3.8, 4) is 5.69 Å². The van der Waals surface area contributed by atoms with E-state index in [2.05, 4.69) is 31.6 Å². The van der Waals surface area contributed by atoms with Crippen LogP contribution in [0.1, 0.15) is 44.5 Å². The van der Waals surface area contributed by atoms with Crippen LogP contribution in [0.25, 0.3) is 16.7 Å². The summed E-state index contributed by atoms with van der Waals surface area (Å²) in [5.41, 5.74) is 2.55. The van der Waals surface area contributed by atoms with Crippen molar-refractivity contribution in [1.29, 1.82) is 0 Å². The van der Waals surface area contributed by atoms with Gasteiger partial charge in [-0.2, -0.15) is 0 Å². The molecule has 1 fully saturated rings. The van der Waals surface area contributed by atoms with Gasteiger partial charge in [-0.15, -0.1) is 10.2 Å². The van der Waals surface area contributed by atoms with E-state index in [4.69, 9.17) is 0 Å². The predicted octanol–water partition coefficient (Wildman–Crippen LogP) is 4.78. The molecule has 5 rings (SSSR count). The van der Waals surface area contributed by atoms with Gasteiger partial charge >= 0.3 is 5.69 Å². The first kappa shape index (κ1) is 22.9. The number of likely N-dealkylation sites (tertiary alicyclic amines) is 1. The minimum Gasteiger partial charge on any atom is -0.306 e. The van der Waals surface area contributed by atoms with Crippen LogP contribution in [0, 0.1) is 5.82 Å². The lowest BCUT2D eigenvalue weighted by Gasteiger charge is -2.31. The van der Waals surface area contributed by atoms with E-state index in [-0.39, 0.29) is 17.5 Å². The number of benzene rings is 2. The molecule has 1 aliphatic rings. The fourth-order valence-electron chi connectivity index (χ4n) is 4.66. The van der Waals surface area contributed by atoms with Crippen LogP contribution in [0.5, 0.6) is 0 Å². The summed E-state index contributed by atoms with van der Waals surface area (Å²) in [7, 11) is 0. The lowest BCUT2D eigenvalue weighted by molar-refractivity contribution is 0.167. The molecular formula is C25H29FN6OS. The average Bonchev–Trinajstić information content (AvgIpc) is 3.43. The van der Waals surface area contributed by atoms with E-state index >= 15 is 0 Å². The van der Waals surface area contributed by atoms with Crippen molar-refractivity contribution >= 4 is 22.8 Å². The first-order chi connectivity index (χ1) is 16.6. The number of piperidine rings is 1. The fourth-order valence-corrected chi connectivity index (χ4v) is 5.54. The quantitative estimate of drug-likeness (QED) is 0.290. The summed E-state index contributed by atoms with van der Waals surface area (Å²) < 4.78 is 17.5. The monoisotopic (exact) mass is 480 g/mol. The van der Waals surface area contributed by atoms with Gasteiger partial charge < -0.3 is 4.98 Å². The third kappa shape index (κ3) is 4.67. The standard InChI is InChI=1S/C25H29FN6OS/c1-18(30-14-5-2-6-15-30)23-28-29-25(32(23)20-12-10-19(26)11-13-20)34-17-7-16-31-22-9-4-3-8-21(22)27-24(31)33/h3-4,8-13,18H,2,5-7,14-17H2,1H3,(H,27,33)/t18-/m1/s1. The van der Waals surface area contributed by atoms with Gasteiger partial charge in [0.25, 0.3) is 0 Å². The van der Waals surface area contributed by atoms with Crippen LogP contribution in [-0.2, 0) is 6.54 Å². The zero-order valence-corrected chi connectivity index (χ0v) is 20.1. The predicted molar refractivity (Wildman–Crippen MR) is 133 cm³/mol. The lowest BCUT2D eigenvalue weighted by Crippen LogP contribution is -2.33. The van der Waals surface area contributed by atoms with Gasteiger partial charge in [-0.3, -0.25) is 14.0 Å². The van der Waals surface area contributed by atoms with Gasteiger partial charge in [0.05, 0.1) is 17.1 Å². The molecule has 1 N–H and O–H groups in total. The van der Waals surface area contributed by atoms with Gasteiger partial charge in [0.1, 0.15) is 5.82 Å². The maximum atomic E-state index is 13.6. The molecule has 1 aliphatic heterocycles. The molecule has 9 heteroatoms. The van der Waals surface area contributed by atoms with Gasteiger partial charge in [-0.05, 0) is 75.7 Å². The molecular weight excluding hydrogens is 451 g/mol. The molecule has 4 aromatic rings. The third-order valence-corrected chi connectivity index (χ3v) is 7.51. The topological polar surface area (TPSA) is 71.7 Å². The van der Waals surface area contributed by atoms with E-state index in [1.165, 1.54) is 31.4 Å². The first-order valence-corrected chi connectivity index (χ1v) is 12.9. The number of H-pyrrole nitrogens is 1. The Morgan fingerprint density at radius 1 is 1.06 bits per heavy atom. The number of fused-ring (bicyclic) bond motifs is 1. The molecule has 178 valence electrons. The second kappa shape index (κ2) is 10.1. The van der Waals surface area contributed by atoms with E-state index in [1.54, 1.807) is 28.5 Å². The minimum atomic E-state index is -0.263. The molecule has 0 amide bonds. The number of aromatic amines is 1. The van der Waals surface area contributed by atoms with Crippen LogP contribution in [0.4, 0.5) is 4.39 Å². The number of aromatic nitrogens is 5. The zero-order valence-electron chi connectivity index (χ0n) is 19.3. The molecule has 0 saturated carbocycles. The van der Waals surface area contributed by atoms with Gasteiger partial charge in [0, 0.05) is 18.0 Å². The number of thioether (sulfide) groups is 1. The third-order valence-electron chi connectivity index (χ3n) is 6.49. The normalized spacial score (nSPS) is 15.7. The maximum absolute atomic E-state index is 13.6. The highest BCUT2D eigenvalue weighted by molar-refractivity contribution is 7.99. The number of halogens is 1. The molecule has 1 saturated heterocycles. The number of imidazole rings is 1. The molecule has 3 heterocycles. The van der Waals surface area contributed by atoms with Crippen LogP contribution in [0.2, 0.25) is 0 Å². The number of aryl methyl sites for hydroxylation is 1. The van der Waals surface area contributed by atoms with Gasteiger partial charge in [-0.25, -0.2) is 9.18 Å². The Morgan fingerprint density at radius 3 is 2.62 bits per heavy atom. The molecule has 0 unspecified atom stereocenters. The van der Waals surface area contributed by atoms with Crippen LogP contribution < -0.4 is 5.69 Å². The highest BCUT2D eigenvalue weighted by Gasteiger charge is 2.25. The Kier molecular flexibility index (Phi) is 6.82. The van der Waals surface area contributed by atoms with Crippen molar-refractivity contribution in [3.63, 3.8) is 0 Å². The summed E-state index contributed by atoms with van der Waals surface area (Å²) in [5, 5.41) is 9.87. The van der Waals surface area contributed by atoms with Crippen molar-refractivity contribution < 1.29 is 4.39 Å². The van der Waals surface area contributed by atoms with Gasteiger partial charge in [0.2, 0.25) is 0 Å². The molecule has 0 aliphatic carbocycles. The summed E-state index contributed by atoms with van der Waals surface area (Å²) >= 11 is 1.62. The van der Waals surface area contributed by atoms with Crippen LogP contribution in [0.3, 0.4) is 0 Å². The second-order valence-electron chi connectivity index (χ2n) is 8.73. The lowest BCUT2D eigenvalue weighted by atomic mass is 10.1. The molecule has 1 atom stereocenters. The second-order valence-corrected chi connectivity index (χ2v) is 9.79. The first-order valence-electron chi connectivity index (χ1n) is 11.9. The highest BCUT2D eigenvalue weighted by Crippen LogP contribution is 2.29. The Hall–Kier alpha value is -2.91. The highest BCUT2D eigenvalue weighted by atomic mass is 32.2. The molecule has 0 radical (unpaired) electrons. The van der Waals surface area contributed by atoms with Crippen LogP contribution in [-0.4, -0.2) is 48.1 Å². The number of para-hydroxylation sites is 2. The molecule has 2 aromatic heterocycles. The number of hydrogen-bond acceptors (Lipinski definition) is 5. The zero-order chi connectivity index (χ0) is 23.5. The van der Waals surface area contributed by atoms with Crippen molar-refractivity contribution in [2.24, 2.45) is 0 Å². The Balaban J connectivity index is 1.34. The SMILES string of the molecule is C[C@H](c1nnc(SCCCn2c(=O)[nH]c3ccccc32)n1-c1ccc(F)cc1)N1CCCCC1. The van der Waals surface area contributed by atoms with Crippen molar-refractivity contribution in [2.75, 3.05) is 18.8 Å². The largest absolute Gasteiger partial charge is 0.326 e. The smallest absolute Gasteiger partial charge is 0.306 e. The Bertz CT molecular complexity index is 1310. The summed E-state index contributed by atoms with van der Waals surface area (Å²) in [4.78, 5) is 17.7. The summed E-state index contributed by atoms with van der Waals surface area (Å²) in [6.45, 7) is 4.91. The van der Waals surface area contributed by atoms with Gasteiger partial charge in [-0.1, -0.05) is 30.3 Å². The number of nitrogens with one attached hydrogen (secondary N) is 1. The minimum absolute atomic E-state index is 0.0849. The Morgan fingerprint density at radius 2 is 1.82 bits per heavy atom. The van der Waals surface area contributed by atoms with Crippen LogP contribution >= 0.6 is 11.8 Å². The maximum Gasteiger partial charge on any atom is 0.326 e. The number of hydrogen-bond donors (Lipinski definition) is 1. The average molecular weight is 481 g/mol. The fraction of sp³-hybridized carbons (Fsp3) is 0.400. The van der Waals surface area contributed by atoms with Gasteiger partial charge in [0.15, 0.2) is 11.0 Å². The van der Waals surface area contributed by atoms with E-state index < -0.39 is 0 Å². The summed E-state index contributed by atoms with van der Waals surface area (Å²) in [6.07, 6.45) is 4.47. The summed E-state index contributed by atoms with van der Waals surface area (Å²) in [5.74, 6) is 1.40. The number of rotatable bonds is 8. The summed E-state index contributed by atoms with van der Waals surface area (Å²) in [6, 6.07) is 14.4. The van der Waals surface area contributed by atoms with Crippen molar-refractivity contribution in [1.82, 2.24) is 29.2 Å². The van der Waals surface area contributed by atoms with Crippen LogP contribution in [0.15, 0.2) is 58.5 Å². The van der Waals surface area contributed by atoms with Crippen molar-refractivity contribution in [2.45, 2.75) is 50.4 Å². The molecule has 0 bridgehead atoms. The Labute approximate surface area is 202 Å². The molecule has 2 aromatic carbocycles. The van der Waals surface area contributed by atoms with E-state index in [1.807, 2.05) is 24.3 Å². The van der Waals surface area contributed by atoms with E-state index in [0.717, 1.165) is 53.0 Å².